The number of hydrogen-bond donors (Lipinski definition) is 1. The molecule has 0 atom stereocenters. The lowest BCUT2D eigenvalue weighted by Crippen LogP contribution is -2.54. The average molecular weight is 444 g/mol. The number of hydrogen-bond acceptors (Lipinski definition) is 7. The lowest BCUT2D eigenvalue weighted by molar-refractivity contribution is 0.102. The first-order valence-electron chi connectivity index (χ1n) is 8.91. The molecular weight excluding hydrogens is 427 g/mol. The highest BCUT2D eigenvalue weighted by Gasteiger charge is 2.18. The predicted octanol–water partition coefficient (Wildman–Crippen LogP) is 0.835. The van der Waals surface area contributed by atoms with E-state index in [0.717, 1.165) is 25.0 Å². The molecule has 3 rings (SSSR count). The molecule has 0 fully saturated rings. The number of halogens is 1. The smallest absolute Gasteiger partial charge is 0.320 e. The Bertz CT molecular complexity index is 1270. The van der Waals surface area contributed by atoms with Crippen LogP contribution in [0.15, 0.2) is 64.0 Å². The summed E-state index contributed by atoms with van der Waals surface area (Å²) in [6.07, 6.45) is 2.72. The van der Waals surface area contributed by atoms with Crippen LogP contribution in [0.3, 0.4) is 0 Å². The van der Waals surface area contributed by atoms with Gasteiger partial charge in [0, 0.05) is 5.69 Å². The van der Waals surface area contributed by atoms with Crippen LogP contribution >= 0.6 is 11.3 Å². The highest BCUT2D eigenvalue weighted by Crippen LogP contribution is 2.14. The van der Waals surface area contributed by atoms with E-state index in [1.165, 1.54) is 36.4 Å². The van der Waals surface area contributed by atoms with Gasteiger partial charge >= 0.3 is 17.1 Å². The molecule has 2 heterocycles. The van der Waals surface area contributed by atoms with E-state index in [0.29, 0.717) is 5.69 Å². The van der Waals surface area contributed by atoms with Crippen LogP contribution < -0.4 is 22.4 Å². The van der Waals surface area contributed by atoms with E-state index in [2.05, 4.69) is 28.7 Å². The summed E-state index contributed by atoms with van der Waals surface area (Å²) >= 11 is 0.874. The molecule has 0 aliphatic rings. The van der Waals surface area contributed by atoms with E-state index in [9.17, 15) is 23.6 Å². The molecule has 3 aromatic rings. The second kappa shape index (κ2) is 9.26. The Morgan fingerprint density at radius 2 is 1.52 bits per heavy atom. The molecule has 0 aliphatic heterocycles. The van der Waals surface area contributed by atoms with Gasteiger partial charge in [-0.05, 0) is 24.3 Å². The van der Waals surface area contributed by atoms with Gasteiger partial charge in [0.25, 0.3) is 5.91 Å². The Morgan fingerprint density at radius 3 is 2.06 bits per heavy atom. The Hall–Kier alpha value is -3.93. The summed E-state index contributed by atoms with van der Waals surface area (Å²) in [7, 11) is 0. The van der Waals surface area contributed by atoms with Crippen molar-refractivity contribution in [1.82, 2.24) is 23.9 Å². The number of aromatic nitrogens is 5. The molecule has 0 spiro atoms. The first kappa shape index (κ1) is 21.8. The van der Waals surface area contributed by atoms with Gasteiger partial charge in [0.1, 0.15) is 10.8 Å². The lowest BCUT2D eigenvalue weighted by atomic mass is 10.3. The average Bonchev–Trinajstić information content (AvgIpc) is 3.22. The zero-order valence-corrected chi connectivity index (χ0v) is 17.0. The molecule has 0 aliphatic carbocycles. The van der Waals surface area contributed by atoms with Crippen molar-refractivity contribution in [3.63, 3.8) is 0 Å². The van der Waals surface area contributed by atoms with Crippen LogP contribution in [0.4, 0.5) is 10.1 Å². The van der Waals surface area contributed by atoms with Crippen LogP contribution in [0.5, 0.6) is 0 Å². The van der Waals surface area contributed by atoms with Gasteiger partial charge in [-0.2, -0.15) is 0 Å². The standard InChI is InChI=1S/C19H17FN6O4S/c1-3-9-24-17(28)25(10-4-2)19(30)26(18(24)29)11-14-22-23-16(31-14)15(27)21-13-7-5-12(20)6-8-13/h3-8H,1-2,9-11H2,(H,21,27). The van der Waals surface area contributed by atoms with E-state index in [1.807, 2.05) is 0 Å². The van der Waals surface area contributed by atoms with E-state index in [-0.39, 0.29) is 29.6 Å². The third kappa shape index (κ3) is 4.64. The van der Waals surface area contributed by atoms with Gasteiger partial charge < -0.3 is 5.32 Å². The molecule has 0 radical (unpaired) electrons. The number of benzene rings is 1. The summed E-state index contributed by atoms with van der Waals surface area (Å²) in [5.74, 6) is -1.02. The maximum absolute atomic E-state index is 13.0. The van der Waals surface area contributed by atoms with Crippen LogP contribution in [-0.2, 0) is 19.6 Å². The van der Waals surface area contributed by atoms with E-state index >= 15 is 0 Å². The molecule has 1 N–H and O–H groups in total. The van der Waals surface area contributed by atoms with Crippen molar-refractivity contribution in [3.8, 4) is 0 Å². The summed E-state index contributed by atoms with van der Waals surface area (Å²) in [4.78, 5) is 50.0. The Labute approximate surface area is 178 Å². The highest BCUT2D eigenvalue weighted by atomic mass is 32.1. The number of carbonyl (C=O) groups excluding carboxylic acids is 1. The summed E-state index contributed by atoms with van der Waals surface area (Å²) in [6, 6.07) is 5.17. The number of carbonyl (C=O) groups is 1. The van der Waals surface area contributed by atoms with Crippen molar-refractivity contribution in [2.75, 3.05) is 5.32 Å². The first-order chi connectivity index (χ1) is 14.8. The van der Waals surface area contributed by atoms with Gasteiger partial charge in [-0.15, -0.1) is 23.4 Å². The molecule has 1 aromatic carbocycles. The minimum absolute atomic E-state index is 0.0156. The zero-order chi connectivity index (χ0) is 22.5. The van der Waals surface area contributed by atoms with Crippen molar-refractivity contribution in [2.45, 2.75) is 19.6 Å². The van der Waals surface area contributed by atoms with Crippen molar-refractivity contribution >= 4 is 22.9 Å². The van der Waals surface area contributed by atoms with E-state index in [1.54, 1.807) is 0 Å². The topological polar surface area (TPSA) is 121 Å². The second-order valence-corrected chi connectivity index (χ2v) is 7.26. The van der Waals surface area contributed by atoms with Gasteiger partial charge in [0.15, 0.2) is 0 Å². The summed E-state index contributed by atoms with van der Waals surface area (Å²) in [6.45, 7) is 6.56. The molecule has 1 amide bonds. The Kier molecular flexibility index (Phi) is 6.50. The van der Waals surface area contributed by atoms with Crippen LogP contribution in [-0.4, -0.2) is 29.8 Å². The molecule has 2 aromatic heterocycles. The number of rotatable bonds is 8. The molecule has 31 heavy (non-hydrogen) atoms. The minimum atomic E-state index is -0.831. The number of nitrogens with one attached hydrogen (secondary N) is 1. The van der Waals surface area contributed by atoms with Gasteiger partial charge in [-0.25, -0.2) is 32.5 Å². The fourth-order valence-corrected chi connectivity index (χ4v) is 3.37. The lowest BCUT2D eigenvalue weighted by Gasteiger charge is -2.10. The fourth-order valence-electron chi connectivity index (χ4n) is 2.65. The Morgan fingerprint density at radius 1 is 0.968 bits per heavy atom. The molecule has 10 nitrogen and oxygen atoms in total. The molecule has 0 unspecified atom stereocenters. The minimum Gasteiger partial charge on any atom is -0.320 e. The van der Waals surface area contributed by atoms with Crippen molar-refractivity contribution in [2.24, 2.45) is 0 Å². The van der Waals surface area contributed by atoms with Crippen LogP contribution in [0.2, 0.25) is 0 Å². The monoisotopic (exact) mass is 444 g/mol. The fraction of sp³-hybridized carbons (Fsp3) is 0.158. The second-order valence-electron chi connectivity index (χ2n) is 6.19. The molecule has 0 bridgehead atoms. The van der Waals surface area contributed by atoms with Gasteiger partial charge in [-0.3, -0.25) is 4.79 Å². The predicted molar refractivity (Wildman–Crippen MR) is 113 cm³/mol. The summed E-state index contributed by atoms with van der Waals surface area (Å²) < 4.78 is 15.5. The first-order valence-corrected chi connectivity index (χ1v) is 9.73. The van der Waals surface area contributed by atoms with E-state index in [4.69, 9.17) is 0 Å². The molecule has 12 heteroatoms. The normalized spacial score (nSPS) is 10.6. The number of nitrogens with zero attached hydrogens (tertiary/aromatic N) is 5. The van der Waals surface area contributed by atoms with Gasteiger partial charge in [0.2, 0.25) is 5.01 Å². The van der Waals surface area contributed by atoms with Crippen molar-refractivity contribution in [3.05, 3.63) is 96.9 Å². The molecule has 0 saturated carbocycles. The Balaban J connectivity index is 1.91. The van der Waals surface area contributed by atoms with Crippen LogP contribution in [0.1, 0.15) is 14.8 Å². The molecule has 160 valence electrons. The zero-order valence-electron chi connectivity index (χ0n) is 16.2. The number of anilines is 1. The van der Waals surface area contributed by atoms with Crippen molar-refractivity contribution in [1.29, 1.82) is 0 Å². The quantitative estimate of drug-likeness (QED) is 0.514. The van der Waals surface area contributed by atoms with Gasteiger partial charge in [-0.1, -0.05) is 23.5 Å². The number of amides is 1. The highest BCUT2D eigenvalue weighted by molar-refractivity contribution is 7.13. The molecule has 0 saturated heterocycles. The summed E-state index contributed by atoms with van der Waals surface area (Å²) in [5, 5.41) is 10.4. The largest absolute Gasteiger partial charge is 0.337 e. The third-order valence-electron chi connectivity index (χ3n) is 4.07. The van der Waals surface area contributed by atoms with Crippen molar-refractivity contribution < 1.29 is 9.18 Å². The summed E-state index contributed by atoms with van der Waals surface area (Å²) in [5.41, 5.74) is -2.07. The van der Waals surface area contributed by atoms with Gasteiger partial charge in [0.05, 0.1) is 19.6 Å². The molecular formula is C19H17FN6O4S. The maximum Gasteiger partial charge on any atom is 0.337 e. The number of allylic oxidation sites excluding steroid dienone is 2. The maximum atomic E-state index is 13.0. The van der Waals surface area contributed by atoms with E-state index < -0.39 is 28.8 Å². The SMILES string of the molecule is C=CCn1c(=O)n(CC=C)c(=O)n(Cc2nnc(C(=O)Nc3ccc(F)cc3)s2)c1=O. The van der Waals surface area contributed by atoms with Crippen LogP contribution in [0.25, 0.3) is 0 Å². The third-order valence-corrected chi connectivity index (χ3v) is 4.97. The van der Waals surface area contributed by atoms with Crippen LogP contribution in [0, 0.1) is 5.82 Å².